The third-order valence-electron chi connectivity index (χ3n) is 4.72. The Morgan fingerprint density at radius 3 is 2.34 bits per heavy atom. The molecule has 0 radical (unpaired) electrons. The molecule has 32 heavy (non-hydrogen) atoms. The maximum absolute atomic E-state index is 13.4. The molecule has 5 nitrogen and oxygen atoms in total. The van der Waals surface area contributed by atoms with E-state index in [4.69, 9.17) is 16.0 Å². The highest BCUT2D eigenvalue weighted by Gasteiger charge is 2.28. The van der Waals surface area contributed by atoms with Gasteiger partial charge in [-0.05, 0) is 48.5 Å². The normalized spacial score (nSPS) is 12.1. The molecule has 8 heteroatoms. The van der Waals surface area contributed by atoms with Crippen molar-refractivity contribution < 1.29 is 17.6 Å². The molecule has 0 bridgehead atoms. The van der Waals surface area contributed by atoms with Gasteiger partial charge in [0.25, 0.3) is 0 Å². The third kappa shape index (κ3) is 4.32. The van der Waals surface area contributed by atoms with E-state index in [1.54, 1.807) is 36.4 Å². The zero-order chi connectivity index (χ0) is 22.9. The first-order valence-corrected chi connectivity index (χ1v) is 12.0. The predicted molar refractivity (Wildman–Crippen MR) is 128 cm³/mol. The first kappa shape index (κ1) is 22.2. The average Bonchev–Trinajstić information content (AvgIpc) is 2.79. The van der Waals surface area contributed by atoms with E-state index >= 15 is 0 Å². The molecule has 0 aliphatic rings. The van der Waals surface area contributed by atoms with E-state index < -0.39 is 26.0 Å². The second kappa shape index (κ2) is 8.86. The molecule has 0 atom stereocenters. The van der Waals surface area contributed by atoms with Crippen molar-refractivity contribution in [2.75, 3.05) is 0 Å². The maximum atomic E-state index is 13.4. The van der Waals surface area contributed by atoms with E-state index in [2.05, 4.69) is 15.9 Å². The van der Waals surface area contributed by atoms with Crippen molar-refractivity contribution in [2.24, 2.45) is 0 Å². The fourth-order valence-electron chi connectivity index (χ4n) is 3.10. The van der Waals surface area contributed by atoms with Gasteiger partial charge in [-0.2, -0.15) is 0 Å². The Balaban J connectivity index is 1.96. The smallest absolute Gasteiger partial charge is 0.210 e. The highest BCUT2D eigenvalue weighted by atomic mass is 79.9. The molecule has 0 saturated heterocycles. The van der Waals surface area contributed by atoms with E-state index in [9.17, 15) is 18.0 Å². The number of hydrogen-bond donors (Lipinski definition) is 0. The summed E-state index contributed by atoms with van der Waals surface area (Å²) in [4.78, 5) is 25.6. The van der Waals surface area contributed by atoms with Crippen LogP contribution in [0.25, 0.3) is 17.0 Å². The molecule has 0 amide bonds. The van der Waals surface area contributed by atoms with Crippen LogP contribution in [0.1, 0.15) is 15.9 Å². The van der Waals surface area contributed by atoms with E-state index in [1.807, 2.05) is 0 Å². The highest BCUT2D eigenvalue weighted by Crippen LogP contribution is 2.26. The number of carbonyl (C=O) groups excluding carboxylic acids is 1. The number of allylic oxidation sites excluding steroid dienone is 1. The summed E-state index contributed by atoms with van der Waals surface area (Å²) < 4.78 is 33.0. The third-order valence-corrected chi connectivity index (χ3v) is 7.24. The summed E-state index contributed by atoms with van der Waals surface area (Å²) >= 11 is 9.19. The van der Waals surface area contributed by atoms with Gasteiger partial charge in [0.2, 0.25) is 15.6 Å². The molecule has 0 fully saturated rings. The summed E-state index contributed by atoms with van der Waals surface area (Å²) in [6.07, 6.45) is 2.21. The Labute approximate surface area is 197 Å². The Bertz CT molecular complexity index is 1520. The SMILES string of the molecule is O=C(/C(=C/c1coc2ccc(Br)cc2c1=O)S(=O)(=O)c1ccc(Cl)cc1)c1ccccc1. The number of hydrogen-bond acceptors (Lipinski definition) is 5. The first-order valence-electron chi connectivity index (χ1n) is 9.30. The lowest BCUT2D eigenvalue weighted by Crippen LogP contribution is -2.16. The van der Waals surface area contributed by atoms with Crippen LogP contribution >= 0.6 is 27.5 Å². The lowest BCUT2D eigenvalue weighted by atomic mass is 10.1. The van der Waals surface area contributed by atoms with Crippen LogP contribution in [0.2, 0.25) is 5.02 Å². The summed E-state index contributed by atoms with van der Waals surface area (Å²) in [5.74, 6) is -0.741. The number of halogens is 2. The van der Waals surface area contributed by atoms with Crippen LogP contribution in [0.3, 0.4) is 0 Å². The maximum Gasteiger partial charge on any atom is 0.210 e. The monoisotopic (exact) mass is 528 g/mol. The molecular weight excluding hydrogens is 516 g/mol. The van der Waals surface area contributed by atoms with Gasteiger partial charge in [0.1, 0.15) is 16.8 Å². The minimum Gasteiger partial charge on any atom is -0.463 e. The highest BCUT2D eigenvalue weighted by molar-refractivity contribution is 9.10. The number of rotatable bonds is 5. The zero-order valence-corrected chi connectivity index (χ0v) is 19.4. The largest absolute Gasteiger partial charge is 0.463 e. The Kier molecular flexibility index (Phi) is 6.15. The fraction of sp³-hybridized carbons (Fsp3) is 0. The molecule has 3 aromatic carbocycles. The van der Waals surface area contributed by atoms with Crippen molar-refractivity contribution in [3.05, 3.63) is 115 Å². The quantitative estimate of drug-likeness (QED) is 0.237. The summed E-state index contributed by atoms with van der Waals surface area (Å²) in [5, 5.41) is 0.605. The van der Waals surface area contributed by atoms with E-state index in [0.717, 1.165) is 12.3 Å². The molecule has 0 saturated carbocycles. The number of ketones is 1. The standard InChI is InChI=1S/C24H14BrClO5S/c25-17-6-11-21-20(13-17)23(27)16(14-31-21)12-22(24(28)15-4-2-1-3-5-15)32(29,30)19-9-7-18(26)8-10-19/h1-14H/b22-12-. The van der Waals surface area contributed by atoms with E-state index in [0.29, 0.717) is 15.1 Å². The van der Waals surface area contributed by atoms with Gasteiger partial charge in [0.15, 0.2) is 5.43 Å². The molecule has 1 aromatic heterocycles. The topological polar surface area (TPSA) is 81.4 Å². The Hall–Kier alpha value is -3.00. The van der Waals surface area contributed by atoms with Crippen molar-refractivity contribution in [3.8, 4) is 0 Å². The van der Waals surface area contributed by atoms with Gasteiger partial charge in [-0.3, -0.25) is 9.59 Å². The summed E-state index contributed by atoms with van der Waals surface area (Å²) in [7, 11) is -4.28. The van der Waals surface area contributed by atoms with Crippen molar-refractivity contribution >= 4 is 60.2 Å². The average molecular weight is 530 g/mol. The van der Waals surface area contributed by atoms with Crippen molar-refractivity contribution in [3.63, 3.8) is 0 Å². The molecule has 0 aliphatic heterocycles. The van der Waals surface area contributed by atoms with Gasteiger partial charge in [-0.1, -0.05) is 57.9 Å². The number of sulfone groups is 1. The van der Waals surface area contributed by atoms with Crippen LogP contribution in [0.15, 0.2) is 103 Å². The molecule has 4 rings (SSSR count). The van der Waals surface area contributed by atoms with Gasteiger partial charge in [0, 0.05) is 15.1 Å². The van der Waals surface area contributed by atoms with E-state index in [1.165, 1.54) is 36.4 Å². The summed E-state index contributed by atoms with van der Waals surface area (Å²) in [6.45, 7) is 0. The molecule has 160 valence electrons. The second-order valence-electron chi connectivity index (χ2n) is 6.82. The summed E-state index contributed by atoms with van der Waals surface area (Å²) in [5.41, 5.74) is -0.0132. The second-order valence-corrected chi connectivity index (χ2v) is 10.1. The van der Waals surface area contributed by atoms with Crippen LogP contribution in [0.4, 0.5) is 0 Å². The number of Topliss-reactive ketones (excluding diaryl/α,β-unsaturated/α-hetero) is 1. The van der Waals surface area contributed by atoms with Crippen LogP contribution < -0.4 is 5.43 Å². The summed E-state index contributed by atoms with van der Waals surface area (Å²) in [6, 6.07) is 18.3. The van der Waals surface area contributed by atoms with Gasteiger partial charge in [0.05, 0.1) is 15.8 Å². The van der Waals surface area contributed by atoms with Crippen molar-refractivity contribution in [2.45, 2.75) is 4.90 Å². The lowest BCUT2D eigenvalue weighted by Gasteiger charge is -2.10. The molecule has 0 aliphatic carbocycles. The minimum atomic E-state index is -4.28. The van der Waals surface area contributed by atoms with Crippen LogP contribution in [-0.2, 0) is 9.84 Å². The number of benzene rings is 3. The minimum absolute atomic E-state index is 0.0626. The zero-order valence-electron chi connectivity index (χ0n) is 16.3. The molecule has 0 N–H and O–H groups in total. The van der Waals surface area contributed by atoms with E-state index in [-0.39, 0.29) is 21.4 Å². The van der Waals surface area contributed by atoms with Gasteiger partial charge in [-0.25, -0.2) is 8.42 Å². The van der Waals surface area contributed by atoms with Gasteiger partial charge >= 0.3 is 0 Å². The number of fused-ring (bicyclic) bond motifs is 1. The lowest BCUT2D eigenvalue weighted by molar-refractivity contribution is 0.104. The van der Waals surface area contributed by atoms with Crippen molar-refractivity contribution in [1.82, 2.24) is 0 Å². The van der Waals surface area contributed by atoms with Crippen molar-refractivity contribution in [1.29, 1.82) is 0 Å². The molecule has 4 aromatic rings. The molecule has 0 unspecified atom stereocenters. The van der Waals surface area contributed by atoms with Crippen LogP contribution in [0, 0.1) is 0 Å². The Morgan fingerprint density at radius 1 is 0.969 bits per heavy atom. The molecule has 1 heterocycles. The number of carbonyl (C=O) groups is 1. The van der Waals surface area contributed by atoms with Crippen LogP contribution in [-0.4, -0.2) is 14.2 Å². The fourth-order valence-corrected chi connectivity index (χ4v) is 4.98. The first-order chi connectivity index (χ1) is 15.3. The van der Waals surface area contributed by atoms with Crippen LogP contribution in [0.5, 0.6) is 0 Å². The van der Waals surface area contributed by atoms with Gasteiger partial charge < -0.3 is 4.42 Å². The molecule has 0 spiro atoms. The molecular formula is C24H14BrClO5S. The predicted octanol–water partition coefficient (Wildman–Crippen LogP) is 5.91. The van der Waals surface area contributed by atoms with Gasteiger partial charge in [-0.15, -0.1) is 0 Å². The Morgan fingerprint density at radius 2 is 1.66 bits per heavy atom.